The smallest absolute Gasteiger partial charge is 0.279 e. The maximum absolute atomic E-state index is 12.4. The number of hydrogen-bond acceptors (Lipinski definition) is 6. The molecule has 1 aromatic carbocycles. The molecule has 4 rings (SSSR count). The molecule has 1 saturated heterocycles. The van der Waals surface area contributed by atoms with E-state index in [9.17, 15) is 4.79 Å². The van der Waals surface area contributed by atoms with Crippen molar-refractivity contribution in [2.24, 2.45) is 0 Å². The Labute approximate surface area is 167 Å². The highest BCUT2D eigenvalue weighted by Gasteiger charge is 2.19. The first-order chi connectivity index (χ1) is 12.7. The van der Waals surface area contributed by atoms with E-state index < -0.39 is 0 Å². The number of rotatable bonds is 4. The second-order valence-corrected chi connectivity index (χ2v) is 7.28. The Morgan fingerprint density at radius 2 is 2.00 bits per heavy atom. The number of anilines is 1. The molecular formula is C18H21ClN6OS. The second-order valence-electron chi connectivity index (χ2n) is 6.42. The first-order valence-corrected chi connectivity index (χ1v) is 9.53. The van der Waals surface area contributed by atoms with Crippen LogP contribution in [0.4, 0.5) is 5.13 Å². The Morgan fingerprint density at radius 1 is 1.26 bits per heavy atom. The molecule has 1 fully saturated rings. The highest BCUT2D eigenvalue weighted by Crippen LogP contribution is 2.25. The Kier molecular flexibility index (Phi) is 6.20. The summed E-state index contributed by atoms with van der Waals surface area (Å²) in [6.07, 6.45) is 3.72. The van der Waals surface area contributed by atoms with Crippen LogP contribution in [0.3, 0.4) is 0 Å². The van der Waals surface area contributed by atoms with Gasteiger partial charge in [0.25, 0.3) is 5.91 Å². The van der Waals surface area contributed by atoms with Gasteiger partial charge >= 0.3 is 0 Å². The number of amides is 1. The lowest BCUT2D eigenvalue weighted by atomic mass is 10.1. The van der Waals surface area contributed by atoms with E-state index >= 15 is 0 Å². The molecule has 0 bridgehead atoms. The molecule has 1 aliphatic heterocycles. The average molecular weight is 405 g/mol. The van der Waals surface area contributed by atoms with Crippen LogP contribution in [0.2, 0.25) is 0 Å². The molecule has 1 amide bonds. The lowest BCUT2D eigenvalue weighted by molar-refractivity contribution is 0.102. The van der Waals surface area contributed by atoms with E-state index in [2.05, 4.69) is 25.9 Å². The minimum absolute atomic E-state index is 0. The van der Waals surface area contributed by atoms with Gasteiger partial charge in [-0.05, 0) is 32.9 Å². The summed E-state index contributed by atoms with van der Waals surface area (Å²) >= 11 is 1.40. The van der Waals surface area contributed by atoms with Crippen molar-refractivity contribution in [1.82, 2.24) is 25.3 Å². The molecule has 3 aromatic rings. The van der Waals surface area contributed by atoms with E-state index in [4.69, 9.17) is 0 Å². The van der Waals surface area contributed by atoms with Gasteiger partial charge in [-0.1, -0.05) is 35.0 Å². The molecule has 0 radical (unpaired) electrons. The summed E-state index contributed by atoms with van der Waals surface area (Å²) in [5.41, 5.74) is 3.40. The van der Waals surface area contributed by atoms with Gasteiger partial charge in [0.15, 0.2) is 10.8 Å². The van der Waals surface area contributed by atoms with Gasteiger partial charge in [0.1, 0.15) is 0 Å². The normalized spacial score (nSPS) is 14.6. The van der Waals surface area contributed by atoms with E-state index in [-0.39, 0.29) is 18.3 Å². The number of nitrogens with zero attached hydrogens (tertiary/aromatic N) is 4. The molecule has 0 atom stereocenters. The molecule has 0 saturated carbocycles. The fourth-order valence-corrected chi connectivity index (χ4v) is 3.69. The lowest BCUT2D eigenvalue weighted by Crippen LogP contribution is -2.29. The molecule has 3 heterocycles. The zero-order chi connectivity index (χ0) is 17.9. The summed E-state index contributed by atoms with van der Waals surface area (Å²) in [5, 5.41) is 16.8. The third-order valence-electron chi connectivity index (χ3n) is 4.50. The van der Waals surface area contributed by atoms with Crippen molar-refractivity contribution in [3.05, 3.63) is 47.1 Å². The molecule has 27 heavy (non-hydrogen) atoms. The van der Waals surface area contributed by atoms with Gasteiger partial charge in [0.05, 0.1) is 17.9 Å². The molecule has 142 valence electrons. The number of carbonyl (C=O) groups excluding carboxylic acids is 1. The van der Waals surface area contributed by atoms with Gasteiger partial charge < -0.3 is 5.32 Å². The summed E-state index contributed by atoms with van der Waals surface area (Å²) < 4.78 is 1.80. The maximum atomic E-state index is 12.4. The highest BCUT2D eigenvalue weighted by molar-refractivity contribution is 7.14. The van der Waals surface area contributed by atoms with E-state index in [1.54, 1.807) is 10.9 Å². The minimum atomic E-state index is -0.282. The van der Waals surface area contributed by atoms with Crippen molar-refractivity contribution >= 4 is 34.8 Å². The van der Waals surface area contributed by atoms with Crippen molar-refractivity contribution < 1.29 is 4.79 Å². The summed E-state index contributed by atoms with van der Waals surface area (Å²) in [5.74, 6) is -0.282. The van der Waals surface area contributed by atoms with Crippen LogP contribution in [0, 0.1) is 6.92 Å². The number of thiazole rings is 1. The van der Waals surface area contributed by atoms with E-state index in [0.29, 0.717) is 16.9 Å². The minimum Gasteiger partial charge on any atom is -0.317 e. The van der Waals surface area contributed by atoms with E-state index in [1.165, 1.54) is 16.9 Å². The van der Waals surface area contributed by atoms with Crippen molar-refractivity contribution in [1.29, 1.82) is 0 Å². The van der Waals surface area contributed by atoms with Crippen LogP contribution in [-0.4, -0.2) is 39.0 Å². The molecule has 1 aliphatic rings. The SMILES string of the molecule is Cc1ccc(-c2csc(NC(=O)c3cn(C4CCNCC4)nn3)n2)cc1.Cl. The predicted octanol–water partition coefficient (Wildman–Crippen LogP) is 3.31. The third kappa shape index (κ3) is 4.52. The van der Waals surface area contributed by atoms with Crippen LogP contribution in [0.25, 0.3) is 11.3 Å². The fourth-order valence-electron chi connectivity index (χ4n) is 2.98. The predicted molar refractivity (Wildman–Crippen MR) is 109 cm³/mol. The largest absolute Gasteiger partial charge is 0.317 e. The zero-order valence-electron chi connectivity index (χ0n) is 14.9. The number of benzene rings is 1. The number of aryl methyl sites for hydroxylation is 1. The van der Waals surface area contributed by atoms with Crippen molar-refractivity contribution in [2.75, 3.05) is 18.4 Å². The van der Waals surface area contributed by atoms with Gasteiger partial charge in [-0.3, -0.25) is 10.1 Å². The van der Waals surface area contributed by atoms with Crippen LogP contribution in [0.1, 0.15) is 34.9 Å². The summed E-state index contributed by atoms with van der Waals surface area (Å²) in [7, 11) is 0. The van der Waals surface area contributed by atoms with Gasteiger partial charge in [-0.25, -0.2) is 9.67 Å². The number of carbonyl (C=O) groups is 1. The zero-order valence-corrected chi connectivity index (χ0v) is 16.5. The lowest BCUT2D eigenvalue weighted by Gasteiger charge is -2.21. The van der Waals surface area contributed by atoms with Gasteiger partial charge in [0, 0.05) is 10.9 Å². The fraction of sp³-hybridized carbons (Fsp3) is 0.333. The highest BCUT2D eigenvalue weighted by atomic mass is 35.5. The molecule has 2 aromatic heterocycles. The topological polar surface area (TPSA) is 84.7 Å². The van der Waals surface area contributed by atoms with Crippen molar-refractivity contribution in [3.8, 4) is 11.3 Å². The molecule has 2 N–H and O–H groups in total. The molecule has 7 nitrogen and oxygen atoms in total. The molecule has 0 unspecified atom stereocenters. The number of nitrogens with one attached hydrogen (secondary N) is 2. The second kappa shape index (κ2) is 8.60. The summed E-state index contributed by atoms with van der Waals surface area (Å²) in [4.78, 5) is 16.9. The number of halogens is 1. The average Bonchev–Trinajstić information content (AvgIpc) is 3.33. The number of aromatic nitrogens is 4. The monoisotopic (exact) mass is 404 g/mol. The van der Waals surface area contributed by atoms with Crippen molar-refractivity contribution in [2.45, 2.75) is 25.8 Å². The van der Waals surface area contributed by atoms with Gasteiger partial charge in [0.2, 0.25) is 0 Å². The Bertz CT molecular complexity index is 901. The first kappa shape index (κ1) is 19.5. The Balaban J connectivity index is 0.00000210. The Morgan fingerprint density at radius 3 is 2.74 bits per heavy atom. The standard InChI is InChI=1S/C18H20N6OS.ClH/c1-12-2-4-13(5-3-12)16-11-26-18(20-16)21-17(25)15-10-24(23-22-15)14-6-8-19-9-7-14;/h2-5,10-11,14,19H,6-9H2,1H3,(H,20,21,25);1H. The molecular weight excluding hydrogens is 384 g/mol. The first-order valence-electron chi connectivity index (χ1n) is 8.65. The van der Waals surface area contributed by atoms with Crippen LogP contribution in [0.5, 0.6) is 0 Å². The van der Waals surface area contributed by atoms with Gasteiger partial charge in [-0.2, -0.15) is 0 Å². The van der Waals surface area contributed by atoms with Crippen LogP contribution in [0.15, 0.2) is 35.8 Å². The van der Waals surface area contributed by atoms with Crippen molar-refractivity contribution in [3.63, 3.8) is 0 Å². The van der Waals surface area contributed by atoms with Crippen LogP contribution in [-0.2, 0) is 0 Å². The summed E-state index contributed by atoms with van der Waals surface area (Å²) in [6.45, 7) is 3.98. The molecule has 0 aliphatic carbocycles. The molecule has 9 heteroatoms. The summed E-state index contributed by atoms with van der Waals surface area (Å²) in [6, 6.07) is 8.46. The van der Waals surface area contributed by atoms with Gasteiger partial charge in [-0.15, -0.1) is 28.8 Å². The van der Waals surface area contributed by atoms with E-state index in [1.807, 2.05) is 36.6 Å². The van der Waals surface area contributed by atoms with Crippen LogP contribution < -0.4 is 10.6 Å². The maximum Gasteiger partial charge on any atom is 0.279 e. The number of hydrogen-bond donors (Lipinski definition) is 2. The van der Waals surface area contributed by atoms with Crippen LogP contribution >= 0.6 is 23.7 Å². The molecule has 0 spiro atoms. The number of piperidine rings is 1. The third-order valence-corrected chi connectivity index (χ3v) is 5.26. The van der Waals surface area contributed by atoms with E-state index in [0.717, 1.165) is 37.2 Å². The quantitative estimate of drug-likeness (QED) is 0.696. The Hall–Kier alpha value is -2.29.